The fraction of sp³-hybridized carbons (Fsp3) is 0.211. The summed E-state index contributed by atoms with van der Waals surface area (Å²) in [5, 5.41) is 0. The van der Waals surface area contributed by atoms with Crippen LogP contribution < -0.4 is 9.64 Å². The highest BCUT2D eigenvalue weighted by Crippen LogP contribution is 2.32. The van der Waals surface area contributed by atoms with Crippen molar-refractivity contribution in [3.63, 3.8) is 0 Å². The fourth-order valence-electron chi connectivity index (χ4n) is 2.68. The molecular formula is C19H19NO3. The SMILES string of the molecule is C=C[C@H]1[C@@H](OCc2ccccc2)C(=O)N1c1ccc(OC)cc1. The maximum Gasteiger partial charge on any atom is 0.259 e. The first-order chi connectivity index (χ1) is 11.2. The fourth-order valence-corrected chi connectivity index (χ4v) is 2.68. The van der Waals surface area contributed by atoms with E-state index in [1.807, 2.05) is 54.6 Å². The van der Waals surface area contributed by atoms with E-state index < -0.39 is 6.10 Å². The minimum Gasteiger partial charge on any atom is -0.497 e. The van der Waals surface area contributed by atoms with Gasteiger partial charge in [0.05, 0.1) is 19.8 Å². The molecule has 0 aromatic heterocycles. The zero-order valence-corrected chi connectivity index (χ0v) is 13.0. The summed E-state index contributed by atoms with van der Waals surface area (Å²) < 4.78 is 10.9. The van der Waals surface area contributed by atoms with Gasteiger partial charge >= 0.3 is 0 Å². The van der Waals surface area contributed by atoms with E-state index in [2.05, 4.69) is 6.58 Å². The van der Waals surface area contributed by atoms with Gasteiger partial charge in [-0.2, -0.15) is 0 Å². The number of carbonyl (C=O) groups excluding carboxylic acids is 1. The molecule has 0 bridgehead atoms. The van der Waals surface area contributed by atoms with Crippen LogP contribution in [-0.4, -0.2) is 25.2 Å². The highest BCUT2D eigenvalue weighted by Gasteiger charge is 2.47. The average Bonchev–Trinajstić information content (AvgIpc) is 2.61. The number of methoxy groups -OCH3 is 1. The summed E-state index contributed by atoms with van der Waals surface area (Å²) in [6.45, 7) is 4.25. The maximum absolute atomic E-state index is 12.4. The third-order valence-corrected chi connectivity index (χ3v) is 3.95. The third kappa shape index (κ3) is 2.98. The Morgan fingerprint density at radius 3 is 2.43 bits per heavy atom. The zero-order chi connectivity index (χ0) is 16.2. The van der Waals surface area contributed by atoms with E-state index in [1.54, 1.807) is 18.1 Å². The van der Waals surface area contributed by atoms with Crippen molar-refractivity contribution in [3.8, 4) is 5.75 Å². The molecule has 2 atom stereocenters. The smallest absolute Gasteiger partial charge is 0.259 e. The Kier molecular flexibility index (Phi) is 4.44. The van der Waals surface area contributed by atoms with E-state index in [-0.39, 0.29) is 11.9 Å². The van der Waals surface area contributed by atoms with Crippen LogP contribution >= 0.6 is 0 Å². The Bertz CT molecular complexity index is 682. The number of amides is 1. The van der Waals surface area contributed by atoms with Crippen LogP contribution in [0.5, 0.6) is 5.75 Å². The Balaban J connectivity index is 1.68. The van der Waals surface area contributed by atoms with Crippen molar-refractivity contribution in [3.05, 3.63) is 72.8 Å². The van der Waals surface area contributed by atoms with Crippen molar-refractivity contribution in [2.45, 2.75) is 18.8 Å². The molecule has 0 aliphatic carbocycles. The van der Waals surface area contributed by atoms with Gasteiger partial charge in [-0.05, 0) is 29.8 Å². The second-order valence-electron chi connectivity index (χ2n) is 5.35. The lowest BCUT2D eigenvalue weighted by atomic mass is 9.96. The van der Waals surface area contributed by atoms with Crippen molar-refractivity contribution in [1.82, 2.24) is 0 Å². The highest BCUT2D eigenvalue weighted by atomic mass is 16.5. The number of β-lactam (4-membered cyclic amide) rings is 1. The predicted molar refractivity (Wildman–Crippen MR) is 89.5 cm³/mol. The molecule has 1 aliphatic rings. The first-order valence-electron chi connectivity index (χ1n) is 7.50. The summed E-state index contributed by atoms with van der Waals surface area (Å²) in [6, 6.07) is 17.1. The molecule has 4 heteroatoms. The van der Waals surface area contributed by atoms with Crippen LogP contribution in [0.25, 0.3) is 0 Å². The minimum absolute atomic E-state index is 0.0454. The molecule has 0 spiro atoms. The number of hydrogen-bond acceptors (Lipinski definition) is 3. The van der Waals surface area contributed by atoms with Crippen molar-refractivity contribution in [2.75, 3.05) is 12.0 Å². The third-order valence-electron chi connectivity index (χ3n) is 3.95. The second-order valence-corrected chi connectivity index (χ2v) is 5.35. The Morgan fingerprint density at radius 2 is 1.83 bits per heavy atom. The van der Waals surface area contributed by atoms with E-state index in [0.717, 1.165) is 17.0 Å². The maximum atomic E-state index is 12.4. The molecule has 2 aromatic rings. The molecule has 3 rings (SSSR count). The summed E-state index contributed by atoms with van der Waals surface area (Å²) in [6.07, 6.45) is 1.27. The van der Waals surface area contributed by atoms with Gasteiger partial charge in [-0.3, -0.25) is 4.79 Å². The number of carbonyl (C=O) groups is 1. The van der Waals surface area contributed by atoms with Crippen LogP contribution in [0.4, 0.5) is 5.69 Å². The van der Waals surface area contributed by atoms with Gasteiger partial charge in [-0.1, -0.05) is 36.4 Å². The molecule has 1 fully saturated rings. The summed E-state index contributed by atoms with van der Waals surface area (Å²) >= 11 is 0. The molecule has 118 valence electrons. The van der Waals surface area contributed by atoms with Crippen molar-refractivity contribution in [2.24, 2.45) is 0 Å². The number of benzene rings is 2. The molecule has 1 amide bonds. The van der Waals surface area contributed by atoms with Crippen LogP contribution in [0.2, 0.25) is 0 Å². The van der Waals surface area contributed by atoms with Gasteiger partial charge in [-0.25, -0.2) is 0 Å². The zero-order valence-electron chi connectivity index (χ0n) is 13.0. The van der Waals surface area contributed by atoms with Gasteiger partial charge in [0.15, 0.2) is 6.10 Å². The largest absolute Gasteiger partial charge is 0.497 e. The molecule has 0 saturated carbocycles. The van der Waals surface area contributed by atoms with E-state index in [4.69, 9.17) is 9.47 Å². The van der Waals surface area contributed by atoms with E-state index >= 15 is 0 Å². The number of ether oxygens (including phenoxy) is 2. The number of nitrogens with zero attached hydrogens (tertiary/aromatic N) is 1. The summed E-state index contributed by atoms with van der Waals surface area (Å²) in [4.78, 5) is 14.1. The van der Waals surface area contributed by atoms with Crippen molar-refractivity contribution >= 4 is 11.6 Å². The summed E-state index contributed by atoms with van der Waals surface area (Å²) in [5.41, 5.74) is 1.87. The lowest BCUT2D eigenvalue weighted by molar-refractivity contribution is -0.141. The molecule has 0 radical (unpaired) electrons. The molecule has 1 saturated heterocycles. The normalized spacial score (nSPS) is 20.0. The number of hydrogen-bond donors (Lipinski definition) is 0. The van der Waals surface area contributed by atoms with E-state index in [1.165, 1.54) is 0 Å². The number of anilines is 1. The van der Waals surface area contributed by atoms with Crippen LogP contribution in [0.3, 0.4) is 0 Å². The average molecular weight is 309 g/mol. The number of rotatable bonds is 6. The molecule has 1 heterocycles. The second kappa shape index (κ2) is 6.67. The van der Waals surface area contributed by atoms with E-state index in [9.17, 15) is 4.79 Å². The molecule has 1 aliphatic heterocycles. The Hall–Kier alpha value is -2.59. The Morgan fingerprint density at radius 1 is 1.13 bits per heavy atom. The van der Waals surface area contributed by atoms with Gasteiger partial charge in [-0.15, -0.1) is 6.58 Å². The molecule has 23 heavy (non-hydrogen) atoms. The van der Waals surface area contributed by atoms with Crippen molar-refractivity contribution in [1.29, 1.82) is 0 Å². The molecule has 0 unspecified atom stereocenters. The minimum atomic E-state index is -0.477. The van der Waals surface area contributed by atoms with Gasteiger partial charge in [0.25, 0.3) is 5.91 Å². The topological polar surface area (TPSA) is 38.8 Å². The summed E-state index contributed by atoms with van der Waals surface area (Å²) in [5.74, 6) is 0.713. The van der Waals surface area contributed by atoms with Gasteiger partial charge in [0.1, 0.15) is 5.75 Å². The first kappa shape index (κ1) is 15.3. The predicted octanol–water partition coefficient (Wildman–Crippen LogP) is 3.18. The van der Waals surface area contributed by atoms with Crippen LogP contribution in [0.15, 0.2) is 67.3 Å². The lowest BCUT2D eigenvalue weighted by Gasteiger charge is -2.45. The Labute approximate surface area is 135 Å². The van der Waals surface area contributed by atoms with Crippen molar-refractivity contribution < 1.29 is 14.3 Å². The summed E-state index contributed by atoms with van der Waals surface area (Å²) in [7, 11) is 1.61. The lowest BCUT2D eigenvalue weighted by Crippen LogP contribution is -2.65. The molecule has 2 aromatic carbocycles. The molecule has 0 N–H and O–H groups in total. The van der Waals surface area contributed by atoms with Gasteiger partial charge in [0, 0.05) is 5.69 Å². The van der Waals surface area contributed by atoms with Gasteiger partial charge < -0.3 is 14.4 Å². The highest BCUT2D eigenvalue weighted by molar-refractivity contribution is 6.05. The molecular weight excluding hydrogens is 290 g/mol. The monoisotopic (exact) mass is 309 g/mol. The quantitative estimate of drug-likeness (QED) is 0.607. The van der Waals surface area contributed by atoms with Crippen LogP contribution in [-0.2, 0) is 16.1 Å². The molecule has 4 nitrogen and oxygen atoms in total. The van der Waals surface area contributed by atoms with Gasteiger partial charge in [0.2, 0.25) is 0 Å². The van der Waals surface area contributed by atoms with Crippen LogP contribution in [0.1, 0.15) is 5.56 Å². The first-order valence-corrected chi connectivity index (χ1v) is 7.50. The standard InChI is InChI=1S/C19H19NO3/c1-3-17-18(23-13-14-7-5-4-6-8-14)19(21)20(17)15-9-11-16(22-2)12-10-15/h3-12,17-18H,1,13H2,2H3/t17-,18+/m0/s1. The van der Waals surface area contributed by atoms with Crippen LogP contribution in [0, 0.1) is 0 Å². The van der Waals surface area contributed by atoms with E-state index in [0.29, 0.717) is 6.61 Å².